The Morgan fingerprint density at radius 3 is 2.59 bits per heavy atom. The second-order valence-corrected chi connectivity index (χ2v) is 5.19. The van der Waals surface area contributed by atoms with Crippen LogP contribution in [0, 0.1) is 6.92 Å². The Morgan fingerprint density at radius 1 is 1.24 bits per heavy atom. The van der Waals surface area contributed by atoms with Gasteiger partial charge in [0.05, 0.1) is 12.8 Å². The highest BCUT2D eigenvalue weighted by molar-refractivity contribution is 6.31. The Kier molecular flexibility index (Phi) is 4.16. The number of anilines is 1. The summed E-state index contributed by atoms with van der Waals surface area (Å²) in [4.78, 5) is 0. The quantitative estimate of drug-likeness (QED) is 0.862. The third-order valence-corrected chi connectivity index (χ3v) is 3.85. The van der Waals surface area contributed by atoms with Crippen molar-refractivity contribution in [1.82, 2.24) is 0 Å². The maximum absolute atomic E-state index is 6.10. The maximum atomic E-state index is 6.10. The lowest BCUT2D eigenvalue weighted by Gasteiger charge is -2.25. The number of rotatable bonds is 3. The van der Waals surface area contributed by atoms with E-state index in [4.69, 9.17) is 16.3 Å². The van der Waals surface area contributed by atoms with E-state index < -0.39 is 0 Å². The molecule has 0 amide bonds. The van der Waals surface area contributed by atoms with Crippen LogP contribution in [0.2, 0.25) is 5.02 Å². The van der Waals surface area contributed by atoms with Gasteiger partial charge >= 0.3 is 0 Å². The lowest BCUT2D eigenvalue weighted by atomic mass is 9.95. The number of nitrogens with one attached hydrogen (secondary N) is 1. The van der Waals surface area contributed by atoms with E-state index in [1.807, 2.05) is 13.0 Å². The van der Waals surface area contributed by atoms with Crippen molar-refractivity contribution in [2.75, 3.05) is 12.4 Å². The van der Waals surface area contributed by atoms with E-state index in [0.29, 0.717) is 6.04 Å². The average molecular weight is 254 g/mol. The van der Waals surface area contributed by atoms with Crippen LogP contribution in [0.25, 0.3) is 0 Å². The predicted molar refractivity (Wildman–Crippen MR) is 73.2 cm³/mol. The Bertz CT molecular complexity index is 386. The minimum Gasteiger partial charge on any atom is -0.495 e. The standard InChI is InChI=1S/C14H20ClNO/c1-10-8-13(14(17-2)9-12(10)15)16-11-6-4-3-5-7-11/h8-9,11,16H,3-7H2,1-2H3. The van der Waals surface area contributed by atoms with Gasteiger partial charge in [-0.15, -0.1) is 0 Å². The molecule has 2 rings (SSSR count). The SMILES string of the molecule is COc1cc(Cl)c(C)cc1NC1CCCCC1. The Balaban J connectivity index is 2.15. The zero-order valence-electron chi connectivity index (χ0n) is 10.6. The van der Waals surface area contributed by atoms with Crippen LogP contribution >= 0.6 is 11.6 Å². The lowest BCUT2D eigenvalue weighted by molar-refractivity contribution is 0.413. The van der Waals surface area contributed by atoms with Crippen LogP contribution in [0.15, 0.2) is 12.1 Å². The van der Waals surface area contributed by atoms with Gasteiger partial charge in [-0.05, 0) is 31.4 Å². The Morgan fingerprint density at radius 2 is 1.94 bits per heavy atom. The summed E-state index contributed by atoms with van der Waals surface area (Å²) in [5.74, 6) is 0.839. The molecule has 0 spiro atoms. The number of benzene rings is 1. The second kappa shape index (κ2) is 5.63. The van der Waals surface area contributed by atoms with E-state index in [-0.39, 0.29) is 0 Å². The molecule has 2 nitrogen and oxygen atoms in total. The second-order valence-electron chi connectivity index (χ2n) is 4.78. The van der Waals surface area contributed by atoms with Gasteiger partial charge in [0.15, 0.2) is 0 Å². The van der Waals surface area contributed by atoms with Gasteiger partial charge in [-0.2, -0.15) is 0 Å². The smallest absolute Gasteiger partial charge is 0.143 e. The summed E-state index contributed by atoms with van der Waals surface area (Å²) >= 11 is 6.10. The largest absolute Gasteiger partial charge is 0.495 e. The number of aryl methyl sites for hydroxylation is 1. The summed E-state index contributed by atoms with van der Waals surface area (Å²) in [7, 11) is 1.69. The topological polar surface area (TPSA) is 21.3 Å². The van der Waals surface area contributed by atoms with Crippen molar-refractivity contribution in [2.45, 2.75) is 45.1 Å². The van der Waals surface area contributed by atoms with E-state index in [1.54, 1.807) is 7.11 Å². The molecule has 17 heavy (non-hydrogen) atoms. The van der Waals surface area contributed by atoms with Gasteiger partial charge < -0.3 is 10.1 Å². The van der Waals surface area contributed by atoms with Gasteiger partial charge in [0, 0.05) is 17.1 Å². The van der Waals surface area contributed by atoms with Crippen LogP contribution in [-0.4, -0.2) is 13.2 Å². The van der Waals surface area contributed by atoms with Crippen molar-refractivity contribution in [2.24, 2.45) is 0 Å². The first-order valence-electron chi connectivity index (χ1n) is 6.31. The summed E-state index contributed by atoms with van der Waals surface area (Å²) < 4.78 is 5.38. The first kappa shape index (κ1) is 12.6. The fourth-order valence-electron chi connectivity index (χ4n) is 2.41. The Labute approximate surface area is 108 Å². The van der Waals surface area contributed by atoms with E-state index in [1.165, 1.54) is 32.1 Å². The van der Waals surface area contributed by atoms with Crippen LogP contribution < -0.4 is 10.1 Å². The molecule has 3 heteroatoms. The summed E-state index contributed by atoms with van der Waals surface area (Å²) in [5, 5.41) is 4.35. The minimum absolute atomic E-state index is 0.582. The molecule has 1 aromatic rings. The lowest BCUT2D eigenvalue weighted by Crippen LogP contribution is -2.22. The van der Waals surface area contributed by atoms with Gasteiger partial charge in [-0.1, -0.05) is 30.9 Å². The molecule has 1 aliphatic rings. The number of methoxy groups -OCH3 is 1. The number of hydrogen-bond donors (Lipinski definition) is 1. The van der Waals surface area contributed by atoms with Crippen molar-refractivity contribution in [3.05, 3.63) is 22.7 Å². The number of ether oxygens (including phenoxy) is 1. The molecule has 1 fully saturated rings. The maximum Gasteiger partial charge on any atom is 0.143 e. The zero-order valence-corrected chi connectivity index (χ0v) is 11.3. The first-order valence-corrected chi connectivity index (χ1v) is 6.69. The molecule has 0 heterocycles. The summed E-state index contributed by atoms with van der Waals surface area (Å²) in [5.41, 5.74) is 2.16. The summed E-state index contributed by atoms with van der Waals surface area (Å²) in [6.45, 7) is 2.02. The molecule has 0 atom stereocenters. The normalized spacial score (nSPS) is 16.9. The predicted octanol–water partition coefficient (Wildman–Crippen LogP) is 4.40. The van der Waals surface area contributed by atoms with E-state index >= 15 is 0 Å². The van der Waals surface area contributed by atoms with Crippen LogP contribution in [0.4, 0.5) is 5.69 Å². The summed E-state index contributed by atoms with van der Waals surface area (Å²) in [6, 6.07) is 4.55. The fraction of sp³-hybridized carbons (Fsp3) is 0.571. The molecular formula is C14H20ClNO. The summed E-state index contributed by atoms with van der Waals surface area (Å²) in [6.07, 6.45) is 6.53. The molecule has 1 aliphatic carbocycles. The van der Waals surface area contributed by atoms with Crippen molar-refractivity contribution < 1.29 is 4.74 Å². The van der Waals surface area contributed by atoms with E-state index in [0.717, 1.165) is 22.0 Å². The van der Waals surface area contributed by atoms with Gasteiger partial charge in [0.2, 0.25) is 0 Å². The van der Waals surface area contributed by atoms with Crippen LogP contribution in [0.3, 0.4) is 0 Å². The van der Waals surface area contributed by atoms with Gasteiger partial charge in [-0.3, -0.25) is 0 Å². The van der Waals surface area contributed by atoms with Gasteiger partial charge in [0.1, 0.15) is 5.75 Å². The third kappa shape index (κ3) is 3.06. The average Bonchev–Trinajstić information content (AvgIpc) is 2.35. The van der Waals surface area contributed by atoms with Crippen molar-refractivity contribution in [3.8, 4) is 5.75 Å². The van der Waals surface area contributed by atoms with Gasteiger partial charge in [0.25, 0.3) is 0 Å². The van der Waals surface area contributed by atoms with Crippen LogP contribution in [-0.2, 0) is 0 Å². The highest BCUT2D eigenvalue weighted by atomic mass is 35.5. The van der Waals surface area contributed by atoms with Crippen LogP contribution in [0.1, 0.15) is 37.7 Å². The molecule has 0 bridgehead atoms. The van der Waals surface area contributed by atoms with Gasteiger partial charge in [-0.25, -0.2) is 0 Å². The number of hydrogen-bond acceptors (Lipinski definition) is 2. The number of halogens is 1. The monoisotopic (exact) mass is 253 g/mol. The molecule has 0 unspecified atom stereocenters. The molecule has 94 valence electrons. The van der Waals surface area contributed by atoms with Crippen molar-refractivity contribution >= 4 is 17.3 Å². The molecule has 0 saturated heterocycles. The molecule has 1 aromatic carbocycles. The molecule has 1 saturated carbocycles. The molecular weight excluding hydrogens is 234 g/mol. The molecule has 1 N–H and O–H groups in total. The molecule has 0 aliphatic heterocycles. The van der Waals surface area contributed by atoms with E-state index in [2.05, 4.69) is 11.4 Å². The van der Waals surface area contributed by atoms with Crippen LogP contribution in [0.5, 0.6) is 5.75 Å². The first-order chi connectivity index (χ1) is 8.20. The van der Waals surface area contributed by atoms with Crippen molar-refractivity contribution in [1.29, 1.82) is 0 Å². The minimum atomic E-state index is 0.582. The van der Waals surface area contributed by atoms with Crippen molar-refractivity contribution in [3.63, 3.8) is 0 Å². The molecule has 0 aromatic heterocycles. The third-order valence-electron chi connectivity index (χ3n) is 3.45. The van der Waals surface area contributed by atoms with E-state index in [9.17, 15) is 0 Å². The highest BCUT2D eigenvalue weighted by Gasteiger charge is 2.15. The highest BCUT2D eigenvalue weighted by Crippen LogP contribution is 2.33. The fourth-order valence-corrected chi connectivity index (χ4v) is 2.57. The Hall–Kier alpha value is -0.890. The molecule has 0 radical (unpaired) electrons. The zero-order chi connectivity index (χ0) is 12.3.